The van der Waals surface area contributed by atoms with Crippen LogP contribution in [-0.2, 0) is 23.7 Å². The van der Waals surface area contributed by atoms with Crippen LogP contribution in [0.3, 0.4) is 0 Å². The normalized spacial score (nSPS) is 38.3. The maximum Gasteiger partial charge on any atom is 0.335 e. The zero-order valence-corrected chi connectivity index (χ0v) is 9.74. The number of ether oxygens (including phenoxy) is 4. The van der Waals surface area contributed by atoms with E-state index in [-0.39, 0.29) is 6.42 Å². The fourth-order valence-corrected chi connectivity index (χ4v) is 2.05. The van der Waals surface area contributed by atoms with Crippen LogP contribution in [0.15, 0.2) is 5.11 Å². The number of hydrogen-bond acceptors (Lipinski definition) is 6. The molecule has 2 heterocycles. The largest absolute Gasteiger partial charge is 0.467 e. The third kappa shape index (κ3) is 1.96. The molecule has 2 rings (SSSR count). The Labute approximate surface area is 97.4 Å². The lowest BCUT2D eigenvalue weighted by Gasteiger charge is -2.23. The number of rotatable bonds is 2. The molecule has 8 heteroatoms. The topological polar surface area (TPSA) is 103 Å². The summed E-state index contributed by atoms with van der Waals surface area (Å²) in [6, 6.07) is 0. The van der Waals surface area contributed by atoms with Crippen LogP contribution < -0.4 is 0 Å². The van der Waals surface area contributed by atoms with E-state index in [9.17, 15) is 4.79 Å². The van der Waals surface area contributed by atoms with Gasteiger partial charge in [-0.2, -0.15) is 0 Å². The standard InChI is InChI=1S/C9H13N3O5/c1-8(2)16-6-4-5(7(13)14-3)15-9(6,17-8)11-12-10/h5-6H,4H2,1-3H3/t5-,6+,9?/m0/s1. The van der Waals surface area contributed by atoms with E-state index in [1.165, 1.54) is 7.11 Å². The summed E-state index contributed by atoms with van der Waals surface area (Å²) in [5.74, 6) is -3.03. The molecule has 0 spiro atoms. The number of fused-ring (bicyclic) bond motifs is 1. The average Bonchev–Trinajstić information content (AvgIpc) is 2.66. The molecule has 2 aliphatic rings. The molecule has 0 aliphatic carbocycles. The first kappa shape index (κ1) is 12.1. The lowest BCUT2D eigenvalue weighted by Crippen LogP contribution is -2.36. The molecule has 0 saturated carbocycles. The van der Waals surface area contributed by atoms with Gasteiger partial charge < -0.3 is 18.9 Å². The summed E-state index contributed by atoms with van der Waals surface area (Å²) in [7, 11) is 1.26. The van der Waals surface area contributed by atoms with E-state index < -0.39 is 29.9 Å². The first-order chi connectivity index (χ1) is 7.92. The molecule has 0 N–H and O–H groups in total. The van der Waals surface area contributed by atoms with Crippen molar-refractivity contribution in [2.75, 3.05) is 7.11 Å². The van der Waals surface area contributed by atoms with Crippen molar-refractivity contribution in [3.8, 4) is 0 Å². The van der Waals surface area contributed by atoms with Crippen LogP contribution in [0.1, 0.15) is 20.3 Å². The van der Waals surface area contributed by atoms with Crippen LogP contribution >= 0.6 is 0 Å². The van der Waals surface area contributed by atoms with Gasteiger partial charge in [0.25, 0.3) is 5.91 Å². The van der Waals surface area contributed by atoms with Gasteiger partial charge in [0.15, 0.2) is 11.9 Å². The van der Waals surface area contributed by atoms with Crippen molar-refractivity contribution in [1.82, 2.24) is 0 Å². The number of hydrogen-bond donors (Lipinski definition) is 0. The van der Waals surface area contributed by atoms with Crippen molar-refractivity contribution in [3.63, 3.8) is 0 Å². The number of carbonyl (C=O) groups excluding carboxylic acids is 1. The number of esters is 1. The van der Waals surface area contributed by atoms with Crippen LogP contribution in [0.4, 0.5) is 0 Å². The Kier molecular flexibility index (Phi) is 2.75. The summed E-state index contributed by atoms with van der Waals surface area (Å²) in [6.07, 6.45) is -1.22. The fourth-order valence-electron chi connectivity index (χ4n) is 2.05. The van der Waals surface area contributed by atoms with Gasteiger partial charge in [0.1, 0.15) is 6.10 Å². The average molecular weight is 243 g/mol. The summed E-state index contributed by atoms with van der Waals surface area (Å²) in [5.41, 5.74) is 8.55. The molecular weight excluding hydrogens is 230 g/mol. The van der Waals surface area contributed by atoms with Gasteiger partial charge in [-0.25, -0.2) is 4.79 Å². The maximum atomic E-state index is 11.4. The zero-order chi connectivity index (χ0) is 12.7. The fraction of sp³-hybridized carbons (Fsp3) is 0.889. The van der Waals surface area contributed by atoms with Crippen LogP contribution in [0.25, 0.3) is 10.4 Å². The van der Waals surface area contributed by atoms with Crippen molar-refractivity contribution in [3.05, 3.63) is 10.4 Å². The first-order valence-corrected chi connectivity index (χ1v) is 5.12. The molecule has 1 unspecified atom stereocenters. The van der Waals surface area contributed by atoms with Gasteiger partial charge >= 0.3 is 5.97 Å². The predicted octanol–water partition coefficient (Wildman–Crippen LogP) is 1.06. The second kappa shape index (κ2) is 3.85. The highest BCUT2D eigenvalue weighted by Crippen LogP contribution is 2.46. The molecule has 0 aromatic carbocycles. The van der Waals surface area contributed by atoms with E-state index >= 15 is 0 Å². The highest BCUT2D eigenvalue weighted by atomic mass is 16.9. The van der Waals surface area contributed by atoms with Crippen molar-refractivity contribution in [1.29, 1.82) is 0 Å². The van der Waals surface area contributed by atoms with E-state index in [0.717, 1.165) is 0 Å². The van der Waals surface area contributed by atoms with Gasteiger partial charge in [-0.15, -0.1) is 0 Å². The Balaban J connectivity index is 2.24. The lowest BCUT2D eigenvalue weighted by atomic mass is 10.2. The maximum absolute atomic E-state index is 11.4. The van der Waals surface area contributed by atoms with Crippen LogP contribution in [0.2, 0.25) is 0 Å². The van der Waals surface area contributed by atoms with E-state index in [0.29, 0.717) is 0 Å². The SMILES string of the molecule is COC(=O)[C@@H]1C[C@H]2OC(C)(C)OC2(N=[N+]=[N-])O1. The summed E-state index contributed by atoms with van der Waals surface area (Å²) >= 11 is 0. The van der Waals surface area contributed by atoms with Gasteiger partial charge in [-0.1, -0.05) is 0 Å². The minimum Gasteiger partial charge on any atom is -0.467 e. The number of methoxy groups -OCH3 is 1. The molecule has 2 fully saturated rings. The Bertz CT molecular complexity index is 392. The second-order valence-electron chi connectivity index (χ2n) is 4.29. The molecule has 2 aliphatic heterocycles. The second-order valence-corrected chi connectivity index (χ2v) is 4.29. The number of nitrogens with zero attached hydrogens (tertiary/aromatic N) is 3. The number of azide groups is 1. The highest BCUT2D eigenvalue weighted by molar-refractivity contribution is 5.75. The molecule has 2 saturated heterocycles. The minimum atomic E-state index is -1.57. The molecule has 0 amide bonds. The predicted molar refractivity (Wildman–Crippen MR) is 53.4 cm³/mol. The molecule has 17 heavy (non-hydrogen) atoms. The summed E-state index contributed by atoms with van der Waals surface area (Å²) < 4.78 is 20.9. The Morgan fingerprint density at radius 1 is 1.53 bits per heavy atom. The van der Waals surface area contributed by atoms with E-state index in [1.54, 1.807) is 13.8 Å². The molecule has 0 radical (unpaired) electrons. The summed E-state index contributed by atoms with van der Waals surface area (Å²) in [6.45, 7) is 3.35. The highest BCUT2D eigenvalue weighted by Gasteiger charge is 2.61. The van der Waals surface area contributed by atoms with Crippen LogP contribution in [0.5, 0.6) is 0 Å². The lowest BCUT2D eigenvalue weighted by molar-refractivity contribution is -0.257. The Morgan fingerprint density at radius 3 is 2.82 bits per heavy atom. The zero-order valence-electron chi connectivity index (χ0n) is 9.74. The van der Waals surface area contributed by atoms with Gasteiger partial charge in [0.05, 0.1) is 7.11 Å². The van der Waals surface area contributed by atoms with Crippen molar-refractivity contribution < 1.29 is 23.7 Å². The van der Waals surface area contributed by atoms with E-state index in [4.69, 9.17) is 19.7 Å². The Hall–Kier alpha value is -1.34. The summed E-state index contributed by atoms with van der Waals surface area (Å²) in [5, 5.41) is 3.48. The molecule has 0 bridgehead atoms. The quantitative estimate of drug-likeness (QED) is 0.312. The van der Waals surface area contributed by atoms with Gasteiger partial charge in [-0.3, -0.25) is 0 Å². The molecule has 8 nitrogen and oxygen atoms in total. The molecule has 0 aromatic rings. The van der Waals surface area contributed by atoms with Gasteiger partial charge in [0.2, 0.25) is 0 Å². The van der Waals surface area contributed by atoms with Crippen LogP contribution in [0, 0.1) is 0 Å². The minimum absolute atomic E-state index is 0.231. The van der Waals surface area contributed by atoms with Crippen molar-refractivity contribution in [2.45, 2.75) is 44.2 Å². The molecular formula is C9H13N3O5. The third-order valence-corrected chi connectivity index (χ3v) is 2.61. The number of carbonyl (C=O) groups is 1. The monoisotopic (exact) mass is 243 g/mol. The Morgan fingerprint density at radius 2 is 2.24 bits per heavy atom. The van der Waals surface area contributed by atoms with E-state index in [1.807, 2.05) is 0 Å². The molecule has 94 valence electrons. The van der Waals surface area contributed by atoms with Gasteiger partial charge in [-0.05, 0) is 24.5 Å². The van der Waals surface area contributed by atoms with Gasteiger partial charge in [0, 0.05) is 11.3 Å². The van der Waals surface area contributed by atoms with Crippen molar-refractivity contribution >= 4 is 5.97 Å². The molecule has 0 aromatic heterocycles. The van der Waals surface area contributed by atoms with E-state index in [2.05, 4.69) is 14.8 Å². The molecule has 3 atom stereocenters. The third-order valence-electron chi connectivity index (χ3n) is 2.61. The smallest absolute Gasteiger partial charge is 0.335 e. The first-order valence-electron chi connectivity index (χ1n) is 5.12. The van der Waals surface area contributed by atoms with Crippen LogP contribution in [-0.4, -0.2) is 37.0 Å². The van der Waals surface area contributed by atoms with Crippen molar-refractivity contribution in [2.24, 2.45) is 5.11 Å². The summed E-state index contributed by atoms with van der Waals surface area (Å²) in [4.78, 5) is 14.0.